The van der Waals surface area contributed by atoms with Gasteiger partial charge in [0.2, 0.25) is 6.29 Å². The van der Waals surface area contributed by atoms with E-state index in [1.165, 1.54) is 110 Å². The van der Waals surface area contributed by atoms with Gasteiger partial charge in [-0.05, 0) is 19.3 Å². The minimum atomic E-state index is -0.995. The lowest BCUT2D eigenvalue weighted by Gasteiger charge is -2.16. The lowest BCUT2D eigenvalue weighted by Crippen LogP contribution is -2.82. The van der Waals surface area contributed by atoms with Crippen molar-refractivity contribution in [1.29, 1.82) is 0 Å². The Kier molecular flexibility index (Phi) is 30.8. The summed E-state index contributed by atoms with van der Waals surface area (Å²) < 4.78 is 11.9. The van der Waals surface area contributed by atoms with Crippen LogP contribution < -0.4 is 10.4 Å². The van der Waals surface area contributed by atoms with Crippen molar-refractivity contribution in [2.75, 3.05) is 26.8 Å². The van der Waals surface area contributed by atoms with Crippen molar-refractivity contribution in [3.63, 3.8) is 0 Å². The van der Waals surface area contributed by atoms with Gasteiger partial charge in [0.1, 0.15) is 6.54 Å². The summed E-state index contributed by atoms with van der Waals surface area (Å²) >= 11 is 0. The molecule has 0 rings (SSSR count). The number of nitrogens with two attached hydrogens (primary N) is 1. The Balaban J connectivity index is 0. The maximum absolute atomic E-state index is 9.26. The van der Waals surface area contributed by atoms with E-state index in [9.17, 15) is 9.90 Å². The quantitative estimate of drug-likeness (QED) is 0.178. The van der Waals surface area contributed by atoms with E-state index < -0.39 is 5.97 Å². The van der Waals surface area contributed by atoms with Crippen LogP contribution in [-0.4, -0.2) is 39.1 Å². The highest BCUT2D eigenvalue weighted by atomic mass is 16.7. The second kappa shape index (κ2) is 29.4. The zero-order valence-corrected chi connectivity index (χ0v) is 21.4. The molecule has 0 aliphatic rings. The van der Waals surface area contributed by atoms with Gasteiger partial charge in [-0.3, -0.25) is 0 Å². The van der Waals surface area contributed by atoms with Crippen molar-refractivity contribution >= 4 is 5.97 Å². The van der Waals surface area contributed by atoms with Gasteiger partial charge in [0.15, 0.2) is 0 Å². The van der Waals surface area contributed by atoms with Crippen LogP contribution in [0.15, 0.2) is 0 Å². The van der Waals surface area contributed by atoms with Crippen molar-refractivity contribution < 1.29 is 24.7 Å². The molecule has 5 nitrogen and oxygen atoms in total. The minimum absolute atomic E-state index is 0.0193. The molecule has 0 aromatic carbocycles. The van der Waals surface area contributed by atoms with Crippen LogP contribution in [-0.2, 0) is 14.3 Å². The molecule has 0 saturated carbocycles. The minimum Gasteiger partial charge on any atom is -0.550 e. The largest absolute Gasteiger partial charge is 0.550 e. The van der Waals surface area contributed by atoms with Crippen LogP contribution in [0.1, 0.15) is 130 Å². The fourth-order valence-electron chi connectivity index (χ4n) is 3.28. The third-order valence-electron chi connectivity index (χ3n) is 5.32. The number of rotatable bonds is 23. The normalized spacial score (nSPS) is 10.9. The van der Waals surface area contributed by atoms with E-state index in [1.807, 2.05) is 0 Å². The molecule has 0 amide bonds. The van der Waals surface area contributed by atoms with Crippen LogP contribution >= 0.6 is 0 Å². The van der Waals surface area contributed by atoms with E-state index in [2.05, 4.69) is 26.2 Å². The highest BCUT2D eigenvalue weighted by molar-refractivity contribution is 5.63. The van der Waals surface area contributed by atoms with E-state index in [1.54, 1.807) is 0 Å². The molecule has 0 bridgehead atoms. The Hall–Kier alpha value is -0.650. The summed E-state index contributed by atoms with van der Waals surface area (Å²) in [4.78, 5) is 9.26. The number of unbranched alkanes of at least 4 members (excludes halogenated alkanes) is 14. The Morgan fingerprint density at radius 3 is 1.29 bits per heavy atom. The maximum atomic E-state index is 9.26. The molecule has 0 atom stereocenters. The number of carbonyl (C=O) groups is 1. The number of hydrogen-bond acceptors (Lipinski definition) is 4. The van der Waals surface area contributed by atoms with Crippen LogP contribution in [0.3, 0.4) is 0 Å². The van der Waals surface area contributed by atoms with Gasteiger partial charge in [0.05, 0.1) is 7.05 Å². The Labute approximate surface area is 194 Å². The van der Waals surface area contributed by atoms with Gasteiger partial charge in [-0.15, -0.1) is 0 Å². The monoisotopic (exact) mass is 445 g/mol. The Morgan fingerprint density at radius 1 is 0.677 bits per heavy atom. The van der Waals surface area contributed by atoms with E-state index in [0.29, 0.717) is 0 Å². The number of carboxylic acid groups (broad SMARTS) is 1. The van der Waals surface area contributed by atoms with E-state index in [4.69, 9.17) is 9.47 Å². The summed E-state index contributed by atoms with van der Waals surface area (Å²) in [5.74, 6) is -0.995. The number of likely N-dealkylation sites (N-methyl/N-ethyl adjacent to an activating group) is 1. The summed E-state index contributed by atoms with van der Waals surface area (Å²) in [5.41, 5.74) is 0. The van der Waals surface area contributed by atoms with Crippen LogP contribution in [0, 0.1) is 0 Å². The molecule has 0 radical (unpaired) electrons. The average Bonchev–Trinajstić information content (AvgIpc) is 2.77. The first-order valence-corrected chi connectivity index (χ1v) is 13.3. The summed E-state index contributed by atoms with van der Waals surface area (Å²) in [6.07, 6.45) is 21.6. The first-order chi connectivity index (χ1) is 15.1. The standard InChI is InChI=1S/C23H49NO2.C3H6O2/c1-4-6-8-10-12-14-16-18-20-25-23(22-24-3)26-21-19-17-15-13-11-9-7-5-2;1-2-3(4)5/h23-24H,4-22H2,1-3H3;2H2,1H3,(H,4,5). The molecule has 0 aromatic rings. The first kappa shape index (κ1) is 32.5. The third-order valence-corrected chi connectivity index (χ3v) is 5.32. The molecular formula is C26H55NO4. The van der Waals surface area contributed by atoms with Gasteiger partial charge in [0, 0.05) is 19.2 Å². The first-order valence-electron chi connectivity index (χ1n) is 13.3. The zero-order valence-electron chi connectivity index (χ0n) is 21.4. The summed E-state index contributed by atoms with van der Waals surface area (Å²) in [6.45, 7) is 8.70. The number of hydrogen-bond donors (Lipinski definition) is 1. The van der Waals surface area contributed by atoms with Crippen LogP contribution in [0.25, 0.3) is 0 Å². The fraction of sp³-hybridized carbons (Fsp3) is 0.962. The molecule has 0 aromatic heterocycles. The van der Waals surface area contributed by atoms with E-state index >= 15 is 0 Å². The Bertz CT molecular complexity index is 317. The predicted molar refractivity (Wildman–Crippen MR) is 129 cm³/mol. The highest BCUT2D eigenvalue weighted by Gasteiger charge is 2.10. The van der Waals surface area contributed by atoms with Gasteiger partial charge in [-0.25, -0.2) is 0 Å². The molecule has 5 heteroatoms. The fourth-order valence-corrected chi connectivity index (χ4v) is 3.28. The molecule has 0 fully saturated rings. The number of quaternary nitrogens is 1. The third kappa shape index (κ3) is 31.6. The molecular weight excluding hydrogens is 390 g/mol. The van der Waals surface area contributed by atoms with Gasteiger partial charge in [0.25, 0.3) is 0 Å². The summed E-state index contributed by atoms with van der Waals surface area (Å²) in [6, 6.07) is 0. The van der Waals surface area contributed by atoms with Gasteiger partial charge >= 0.3 is 0 Å². The molecule has 0 spiro atoms. The van der Waals surface area contributed by atoms with Gasteiger partial charge < -0.3 is 24.7 Å². The second-order valence-electron chi connectivity index (χ2n) is 8.49. The van der Waals surface area contributed by atoms with Crippen LogP contribution in [0.2, 0.25) is 0 Å². The summed E-state index contributed by atoms with van der Waals surface area (Å²) in [7, 11) is 2.09. The molecule has 2 N–H and O–H groups in total. The highest BCUT2D eigenvalue weighted by Crippen LogP contribution is 2.10. The maximum Gasteiger partial charge on any atom is 0.207 e. The van der Waals surface area contributed by atoms with E-state index in [0.717, 1.165) is 19.8 Å². The topological polar surface area (TPSA) is 75.2 Å². The SMILES string of the molecule is CCC(=O)[O-].CCCCCCCCCCOC(C[NH2+]C)OCCCCCCCCCC. The number of carboxylic acids is 1. The number of ether oxygens (including phenoxy) is 2. The number of carbonyl (C=O) groups excluding carboxylic acids is 1. The van der Waals surface area contributed by atoms with Crippen LogP contribution in [0.5, 0.6) is 0 Å². The molecule has 0 saturated heterocycles. The molecule has 188 valence electrons. The molecule has 0 aliphatic carbocycles. The molecule has 0 aliphatic heterocycles. The lowest BCUT2D eigenvalue weighted by molar-refractivity contribution is -0.642. The van der Waals surface area contributed by atoms with Crippen molar-refractivity contribution in [2.45, 2.75) is 136 Å². The second-order valence-corrected chi connectivity index (χ2v) is 8.49. The molecule has 0 heterocycles. The van der Waals surface area contributed by atoms with Crippen molar-refractivity contribution in [3.05, 3.63) is 0 Å². The molecule has 0 unspecified atom stereocenters. The van der Waals surface area contributed by atoms with Gasteiger partial charge in [-0.1, -0.05) is 111 Å². The zero-order chi connectivity index (χ0) is 23.4. The van der Waals surface area contributed by atoms with E-state index in [-0.39, 0.29) is 12.7 Å². The lowest BCUT2D eigenvalue weighted by atomic mass is 10.1. The van der Waals surface area contributed by atoms with Crippen LogP contribution in [0.4, 0.5) is 0 Å². The average molecular weight is 446 g/mol. The van der Waals surface area contributed by atoms with Crippen molar-refractivity contribution in [3.8, 4) is 0 Å². The van der Waals surface area contributed by atoms with Crippen molar-refractivity contribution in [1.82, 2.24) is 0 Å². The smallest absolute Gasteiger partial charge is 0.207 e. The molecule has 31 heavy (non-hydrogen) atoms. The summed E-state index contributed by atoms with van der Waals surface area (Å²) in [5, 5.41) is 11.4. The number of aliphatic carboxylic acids is 1. The predicted octanol–water partition coefficient (Wildman–Crippen LogP) is 4.97. The van der Waals surface area contributed by atoms with Gasteiger partial charge in [-0.2, -0.15) is 0 Å². The van der Waals surface area contributed by atoms with Crippen molar-refractivity contribution in [2.24, 2.45) is 0 Å². The Morgan fingerprint density at radius 2 is 1.00 bits per heavy atom.